The summed E-state index contributed by atoms with van der Waals surface area (Å²) in [4.78, 5) is 4.56. The Morgan fingerprint density at radius 1 is 1.42 bits per heavy atom. The van der Waals surface area contributed by atoms with Gasteiger partial charge in [-0.3, -0.25) is 4.99 Å². The minimum Gasteiger partial charge on any atom is -0.377 e. The van der Waals surface area contributed by atoms with Crippen molar-refractivity contribution < 1.29 is 0 Å². The average molecular weight is 166 g/mol. The molecular weight excluding hydrogens is 148 g/mol. The molecule has 1 unspecified atom stereocenters. The Labute approximate surface area is 74.8 Å². The monoisotopic (exact) mass is 166 g/mol. The van der Waals surface area contributed by atoms with Crippen LogP contribution in [0.5, 0.6) is 0 Å². The zero-order valence-corrected chi connectivity index (χ0v) is 8.44. The second-order valence-corrected chi connectivity index (χ2v) is 3.25. The first kappa shape index (κ1) is 9.30. The molecule has 0 amide bonds. The highest BCUT2D eigenvalue weighted by atomic mass is 15.1. The minimum atomic E-state index is 0.559. The highest BCUT2D eigenvalue weighted by Crippen LogP contribution is 2.20. The van der Waals surface area contributed by atoms with Gasteiger partial charge in [-0.15, -0.1) is 0 Å². The highest BCUT2D eigenvalue weighted by Gasteiger charge is 2.25. The van der Waals surface area contributed by atoms with Gasteiger partial charge in [0.2, 0.25) is 0 Å². The van der Waals surface area contributed by atoms with E-state index in [1.165, 1.54) is 17.1 Å². The first-order chi connectivity index (χ1) is 5.69. The van der Waals surface area contributed by atoms with Gasteiger partial charge in [-0.2, -0.15) is 0 Å². The zero-order chi connectivity index (χ0) is 9.14. The molecule has 1 aliphatic heterocycles. The van der Waals surface area contributed by atoms with Crippen LogP contribution in [0.1, 0.15) is 40.5 Å². The van der Waals surface area contributed by atoms with Gasteiger partial charge < -0.3 is 5.32 Å². The molecule has 1 fully saturated rings. The van der Waals surface area contributed by atoms with Gasteiger partial charge in [0.05, 0.1) is 17.4 Å². The zero-order valence-electron chi connectivity index (χ0n) is 8.44. The second-order valence-electron chi connectivity index (χ2n) is 3.25. The molecule has 1 rings (SSSR count). The summed E-state index contributed by atoms with van der Waals surface area (Å²) >= 11 is 0. The van der Waals surface area contributed by atoms with Crippen molar-refractivity contribution in [3.05, 3.63) is 11.4 Å². The lowest BCUT2D eigenvalue weighted by atomic mass is 10.2. The molecule has 0 radical (unpaired) electrons. The Bertz CT molecular complexity index is 220. The molecule has 1 heterocycles. The molecule has 0 aromatic rings. The summed E-state index contributed by atoms with van der Waals surface area (Å²) in [5.74, 6) is 0. The molecular formula is C10H18N2. The van der Waals surface area contributed by atoms with Crippen molar-refractivity contribution in [3.8, 4) is 0 Å². The van der Waals surface area contributed by atoms with E-state index in [1.807, 2.05) is 0 Å². The summed E-state index contributed by atoms with van der Waals surface area (Å²) in [7, 11) is 0. The van der Waals surface area contributed by atoms with Crippen LogP contribution in [0.15, 0.2) is 16.4 Å². The van der Waals surface area contributed by atoms with Crippen molar-refractivity contribution in [1.82, 2.24) is 5.32 Å². The average Bonchev–Trinajstić information content (AvgIpc) is 2.78. The van der Waals surface area contributed by atoms with Crippen LogP contribution in [-0.2, 0) is 0 Å². The lowest BCUT2D eigenvalue weighted by Crippen LogP contribution is -1.93. The molecule has 0 aliphatic carbocycles. The Hall–Kier alpha value is -0.790. The molecule has 12 heavy (non-hydrogen) atoms. The Balaban J connectivity index is 2.66. The van der Waals surface area contributed by atoms with E-state index in [4.69, 9.17) is 0 Å². The Kier molecular flexibility index (Phi) is 2.90. The normalized spacial score (nSPS) is 24.5. The maximum atomic E-state index is 4.56. The molecule has 1 aliphatic rings. The van der Waals surface area contributed by atoms with E-state index in [0.29, 0.717) is 6.04 Å². The van der Waals surface area contributed by atoms with E-state index in [1.54, 1.807) is 0 Å². The van der Waals surface area contributed by atoms with E-state index < -0.39 is 0 Å². The van der Waals surface area contributed by atoms with Crippen LogP contribution in [0.25, 0.3) is 0 Å². The molecule has 1 N–H and O–H groups in total. The van der Waals surface area contributed by atoms with Crippen molar-refractivity contribution >= 4 is 5.71 Å². The van der Waals surface area contributed by atoms with Gasteiger partial charge >= 0.3 is 0 Å². The lowest BCUT2D eigenvalue weighted by Gasteiger charge is -1.98. The fourth-order valence-corrected chi connectivity index (χ4v) is 1.31. The van der Waals surface area contributed by atoms with Crippen LogP contribution in [-0.4, -0.2) is 11.8 Å². The first-order valence-electron chi connectivity index (χ1n) is 4.72. The predicted molar refractivity (Wildman–Crippen MR) is 53.3 cm³/mol. The van der Waals surface area contributed by atoms with Crippen molar-refractivity contribution in [2.24, 2.45) is 4.99 Å². The number of aliphatic imine (C=N–C) groups is 1. The summed E-state index contributed by atoms with van der Waals surface area (Å²) in [6.45, 7) is 8.55. The third-order valence-electron chi connectivity index (χ3n) is 2.25. The SMILES string of the molecule is CCC(CC)=N/C(C)=C1/NC1C. The van der Waals surface area contributed by atoms with E-state index in [9.17, 15) is 0 Å². The van der Waals surface area contributed by atoms with Crippen LogP contribution in [0.3, 0.4) is 0 Å². The molecule has 0 bridgehead atoms. The molecule has 0 aromatic heterocycles. The van der Waals surface area contributed by atoms with Gasteiger partial charge in [0, 0.05) is 5.71 Å². The van der Waals surface area contributed by atoms with E-state index in [2.05, 4.69) is 38.0 Å². The molecule has 2 nitrogen and oxygen atoms in total. The van der Waals surface area contributed by atoms with Crippen molar-refractivity contribution in [2.75, 3.05) is 0 Å². The molecule has 0 aromatic carbocycles. The summed E-state index contributed by atoms with van der Waals surface area (Å²) < 4.78 is 0. The number of rotatable bonds is 3. The van der Waals surface area contributed by atoms with Crippen molar-refractivity contribution in [2.45, 2.75) is 46.6 Å². The van der Waals surface area contributed by atoms with Crippen LogP contribution < -0.4 is 5.32 Å². The standard InChI is InChI=1S/C10H18N2/c1-5-9(6-2)11-7(3)10-8(4)12-10/h8,12H,5-6H2,1-4H3/b10-7+. The number of allylic oxidation sites excluding steroid dienone is 1. The van der Waals surface area contributed by atoms with Crippen LogP contribution in [0.2, 0.25) is 0 Å². The Morgan fingerprint density at radius 3 is 2.25 bits per heavy atom. The highest BCUT2D eigenvalue weighted by molar-refractivity contribution is 5.84. The molecule has 0 spiro atoms. The number of hydrogen-bond acceptors (Lipinski definition) is 2. The van der Waals surface area contributed by atoms with E-state index in [-0.39, 0.29) is 0 Å². The fourth-order valence-electron chi connectivity index (χ4n) is 1.31. The van der Waals surface area contributed by atoms with Crippen LogP contribution >= 0.6 is 0 Å². The van der Waals surface area contributed by atoms with Gasteiger partial charge in [-0.05, 0) is 26.7 Å². The minimum absolute atomic E-state index is 0.559. The number of hydrogen-bond donors (Lipinski definition) is 1. The Morgan fingerprint density at radius 2 is 1.92 bits per heavy atom. The summed E-state index contributed by atoms with van der Waals surface area (Å²) in [5, 5.41) is 3.26. The smallest absolute Gasteiger partial charge is 0.0648 e. The summed E-state index contributed by atoms with van der Waals surface area (Å²) in [6.07, 6.45) is 2.13. The van der Waals surface area contributed by atoms with Crippen LogP contribution in [0, 0.1) is 0 Å². The number of nitrogens with one attached hydrogen (secondary N) is 1. The molecule has 1 saturated heterocycles. The van der Waals surface area contributed by atoms with Crippen LogP contribution in [0.4, 0.5) is 0 Å². The molecule has 2 heteroatoms. The van der Waals surface area contributed by atoms with E-state index >= 15 is 0 Å². The van der Waals surface area contributed by atoms with E-state index in [0.717, 1.165) is 12.8 Å². The third kappa shape index (κ3) is 2.10. The largest absolute Gasteiger partial charge is 0.377 e. The van der Waals surface area contributed by atoms with Gasteiger partial charge in [-0.25, -0.2) is 0 Å². The first-order valence-corrected chi connectivity index (χ1v) is 4.72. The van der Waals surface area contributed by atoms with Gasteiger partial charge in [0.1, 0.15) is 0 Å². The summed E-state index contributed by atoms with van der Waals surface area (Å²) in [6, 6.07) is 0.559. The molecule has 0 saturated carbocycles. The van der Waals surface area contributed by atoms with Gasteiger partial charge in [0.15, 0.2) is 0 Å². The van der Waals surface area contributed by atoms with Crippen molar-refractivity contribution in [3.63, 3.8) is 0 Å². The second kappa shape index (κ2) is 3.74. The maximum Gasteiger partial charge on any atom is 0.0648 e. The predicted octanol–water partition coefficient (Wildman–Crippen LogP) is 2.47. The topological polar surface area (TPSA) is 34.3 Å². The summed E-state index contributed by atoms with van der Waals surface area (Å²) in [5.41, 5.74) is 3.77. The molecule has 68 valence electrons. The maximum absolute atomic E-state index is 4.56. The number of nitrogens with zero attached hydrogens (tertiary/aromatic N) is 1. The third-order valence-corrected chi connectivity index (χ3v) is 2.25. The lowest BCUT2D eigenvalue weighted by molar-refractivity contribution is 1.09. The quantitative estimate of drug-likeness (QED) is 0.507. The van der Waals surface area contributed by atoms with Crippen molar-refractivity contribution in [1.29, 1.82) is 0 Å². The fraction of sp³-hybridized carbons (Fsp3) is 0.700. The van der Waals surface area contributed by atoms with Gasteiger partial charge in [0.25, 0.3) is 0 Å². The molecule has 1 atom stereocenters. The van der Waals surface area contributed by atoms with Gasteiger partial charge in [-0.1, -0.05) is 13.8 Å².